The van der Waals surface area contributed by atoms with E-state index in [1.807, 2.05) is 24.3 Å². The summed E-state index contributed by atoms with van der Waals surface area (Å²) in [6, 6.07) is 9.06. The fourth-order valence-electron chi connectivity index (χ4n) is 4.86. The van der Waals surface area contributed by atoms with Crippen LogP contribution in [0.15, 0.2) is 42.7 Å². The van der Waals surface area contributed by atoms with Gasteiger partial charge in [-0.15, -0.1) is 0 Å². The molecule has 194 valence electrons. The molecule has 2 fully saturated rings. The zero-order valence-corrected chi connectivity index (χ0v) is 20.7. The van der Waals surface area contributed by atoms with E-state index in [1.54, 1.807) is 6.20 Å². The summed E-state index contributed by atoms with van der Waals surface area (Å²) in [6.07, 6.45) is 8.84. The summed E-state index contributed by atoms with van der Waals surface area (Å²) in [5.41, 5.74) is 2.00. The molecule has 1 N–H and O–H groups in total. The average Bonchev–Trinajstić information content (AvgIpc) is 3.62. The van der Waals surface area contributed by atoms with Crippen molar-refractivity contribution in [2.75, 3.05) is 7.11 Å². The number of hydrogen-bond acceptors (Lipinski definition) is 7. The van der Waals surface area contributed by atoms with Crippen LogP contribution >= 0.6 is 0 Å². The van der Waals surface area contributed by atoms with Crippen molar-refractivity contribution in [1.29, 1.82) is 0 Å². The molecule has 2 saturated carbocycles. The number of carboxylic acids is 1. The molecular weight excluding hydrogens is 477 g/mol. The van der Waals surface area contributed by atoms with Gasteiger partial charge < -0.3 is 19.3 Å². The molecule has 8 nitrogen and oxygen atoms in total. The Morgan fingerprint density at radius 1 is 1.14 bits per heavy atom. The van der Waals surface area contributed by atoms with E-state index in [9.17, 15) is 14.3 Å². The highest BCUT2D eigenvalue weighted by molar-refractivity contribution is 5.68. The second-order valence-electron chi connectivity index (χ2n) is 9.65. The molecule has 0 spiro atoms. The molecule has 1 atom stereocenters. The van der Waals surface area contributed by atoms with Gasteiger partial charge >= 0.3 is 5.97 Å². The van der Waals surface area contributed by atoms with Gasteiger partial charge in [0.25, 0.3) is 0 Å². The van der Waals surface area contributed by atoms with Crippen LogP contribution in [0, 0.1) is 11.7 Å². The van der Waals surface area contributed by atoms with Crippen molar-refractivity contribution < 1.29 is 28.5 Å². The van der Waals surface area contributed by atoms with E-state index in [2.05, 4.69) is 15.0 Å². The third-order valence-electron chi connectivity index (χ3n) is 6.92. The summed E-state index contributed by atoms with van der Waals surface area (Å²) < 4.78 is 32.1. The Bertz CT molecular complexity index is 1260. The average molecular weight is 508 g/mol. The standard InChI is InChI=1S/C28H30FN3O5/c1-35-25-12-23(24(29)15-30-25)27-28(37-20-6-2-3-7-20)32-19(14-31-27)16-36-21-8-4-5-18(11-21)22(13-26(33)34)17-9-10-17/h4-5,8,11-12,14-15,17,20,22H,2-3,6-7,9-10,13,16H2,1H3,(H,33,34). The van der Waals surface area contributed by atoms with Gasteiger partial charge in [0.05, 0.1) is 25.9 Å². The Morgan fingerprint density at radius 2 is 1.95 bits per heavy atom. The van der Waals surface area contributed by atoms with E-state index < -0.39 is 11.8 Å². The summed E-state index contributed by atoms with van der Waals surface area (Å²) >= 11 is 0. The lowest BCUT2D eigenvalue weighted by Crippen LogP contribution is -2.14. The van der Waals surface area contributed by atoms with Gasteiger partial charge in [0.2, 0.25) is 11.8 Å². The van der Waals surface area contributed by atoms with Crippen molar-refractivity contribution >= 4 is 5.97 Å². The highest BCUT2D eigenvalue weighted by Gasteiger charge is 2.34. The van der Waals surface area contributed by atoms with Gasteiger partial charge in [-0.05, 0) is 68.1 Å². The van der Waals surface area contributed by atoms with Gasteiger partial charge in [0, 0.05) is 11.6 Å². The first-order valence-corrected chi connectivity index (χ1v) is 12.7. The normalized spacial score (nSPS) is 16.4. The Kier molecular flexibility index (Phi) is 7.48. The van der Waals surface area contributed by atoms with Crippen molar-refractivity contribution in [1.82, 2.24) is 15.0 Å². The van der Waals surface area contributed by atoms with Crippen LogP contribution in [0.5, 0.6) is 17.5 Å². The molecule has 0 saturated heterocycles. The van der Waals surface area contributed by atoms with Crippen molar-refractivity contribution in [3.63, 3.8) is 0 Å². The fraction of sp³-hybridized carbons (Fsp3) is 0.429. The molecular formula is C28H30FN3O5. The van der Waals surface area contributed by atoms with Crippen LogP contribution in [0.25, 0.3) is 11.3 Å². The van der Waals surface area contributed by atoms with Crippen LogP contribution in [-0.4, -0.2) is 39.2 Å². The van der Waals surface area contributed by atoms with Gasteiger partial charge in [0.1, 0.15) is 29.8 Å². The predicted molar refractivity (Wildman–Crippen MR) is 133 cm³/mol. The first kappa shape index (κ1) is 24.9. The number of carboxylic acid groups (broad SMARTS) is 1. The van der Waals surface area contributed by atoms with Gasteiger partial charge in [-0.3, -0.25) is 4.79 Å². The van der Waals surface area contributed by atoms with E-state index in [-0.39, 0.29) is 48.1 Å². The summed E-state index contributed by atoms with van der Waals surface area (Å²) in [7, 11) is 1.47. The second kappa shape index (κ2) is 11.1. The molecule has 2 heterocycles. The Labute approximate surface area is 214 Å². The van der Waals surface area contributed by atoms with Crippen LogP contribution in [-0.2, 0) is 11.4 Å². The van der Waals surface area contributed by atoms with E-state index in [4.69, 9.17) is 14.2 Å². The Balaban J connectivity index is 1.37. The van der Waals surface area contributed by atoms with Crippen LogP contribution in [0.2, 0.25) is 0 Å². The van der Waals surface area contributed by atoms with E-state index >= 15 is 0 Å². The van der Waals surface area contributed by atoms with Gasteiger partial charge in [-0.1, -0.05) is 12.1 Å². The minimum absolute atomic E-state index is 0.00119. The number of pyridine rings is 1. The smallest absolute Gasteiger partial charge is 0.303 e. The maximum Gasteiger partial charge on any atom is 0.303 e. The SMILES string of the molecule is COc1cc(-c2ncc(COc3cccc(C(CC(=O)O)C4CC4)c3)nc2OC2CCCC2)c(F)cn1. The number of ether oxygens (including phenoxy) is 3. The highest BCUT2D eigenvalue weighted by Crippen LogP contribution is 2.45. The maximum absolute atomic E-state index is 14.7. The lowest BCUT2D eigenvalue weighted by molar-refractivity contribution is -0.137. The van der Waals surface area contributed by atoms with Crippen molar-refractivity contribution in [2.45, 2.75) is 63.6 Å². The molecule has 1 aromatic carbocycles. The molecule has 2 aromatic heterocycles. The molecule has 5 rings (SSSR count). The zero-order chi connectivity index (χ0) is 25.8. The Morgan fingerprint density at radius 3 is 2.68 bits per heavy atom. The number of hydrogen-bond donors (Lipinski definition) is 1. The fourth-order valence-corrected chi connectivity index (χ4v) is 4.86. The van der Waals surface area contributed by atoms with Crippen molar-refractivity contribution in [2.24, 2.45) is 5.92 Å². The van der Waals surface area contributed by atoms with Gasteiger partial charge in [-0.25, -0.2) is 19.3 Å². The predicted octanol–water partition coefficient (Wildman–Crippen LogP) is 5.56. The number of rotatable bonds is 11. The quantitative estimate of drug-likeness (QED) is 0.360. The monoisotopic (exact) mass is 507 g/mol. The number of methoxy groups -OCH3 is 1. The highest BCUT2D eigenvalue weighted by atomic mass is 19.1. The number of nitrogens with zero attached hydrogens (tertiary/aromatic N) is 3. The molecule has 3 aromatic rings. The minimum atomic E-state index is -0.795. The van der Waals surface area contributed by atoms with E-state index in [0.29, 0.717) is 17.4 Å². The topological polar surface area (TPSA) is 104 Å². The molecule has 0 bridgehead atoms. The molecule has 0 aliphatic heterocycles. The van der Waals surface area contributed by atoms with Gasteiger partial charge in [-0.2, -0.15) is 0 Å². The maximum atomic E-state index is 14.7. The lowest BCUT2D eigenvalue weighted by Gasteiger charge is -2.17. The summed E-state index contributed by atoms with van der Waals surface area (Å²) in [4.78, 5) is 24.4. The third-order valence-corrected chi connectivity index (χ3v) is 6.92. The first-order valence-electron chi connectivity index (χ1n) is 12.7. The first-order chi connectivity index (χ1) is 18.0. The zero-order valence-electron chi connectivity index (χ0n) is 20.7. The molecule has 37 heavy (non-hydrogen) atoms. The number of halogens is 1. The molecule has 2 aliphatic carbocycles. The number of aliphatic carboxylic acids is 1. The number of benzene rings is 1. The summed E-state index contributed by atoms with van der Waals surface area (Å²) in [5.74, 6) is 0.206. The summed E-state index contributed by atoms with van der Waals surface area (Å²) in [5, 5.41) is 9.33. The molecule has 9 heteroatoms. The molecule has 1 unspecified atom stereocenters. The third kappa shape index (κ3) is 6.15. The lowest BCUT2D eigenvalue weighted by atomic mass is 9.91. The number of aromatic nitrogens is 3. The van der Waals surface area contributed by atoms with Crippen LogP contribution in [0.4, 0.5) is 4.39 Å². The minimum Gasteiger partial charge on any atom is -0.487 e. The largest absolute Gasteiger partial charge is 0.487 e. The van der Waals surface area contributed by atoms with E-state index in [0.717, 1.165) is 50.3 Å². The van der Waals surface area contributed by atoms with E-state index in [1.165, 1.54) is 13.2 Å². The molecule has 0 radical (unpaired) electrons. The van der Waals surface area contributed by atoms with Crippen LogP contribution in [0.3, 0.4) is 0 Å². The van der Waals surface area contributed by atoms with Crippen LogP contribution < -0.4 is 14.2 Å². The molecule has 2 aliphatic rings. The van der Waals surface area contributed by atoms with Gasteiger partial charge in [0.15, 0.2) is 5.82 Å². The second-order valence-corrected chi connectivity index (χ2v) is 9.65. The van der Waals surface area contributed by atoms with Crippen LogP contribution in [0.1, 0.15) is 62.1 Å². The molecule has 0 amide bonds. The van der Waals surface area contributed by atoms with Crippen molar-refractivity contribution in [3.05, 3.63) is 59.8 Å². The summed E-state index contributed by atoms with van der Waals surface area (Å²) in [6.45, 7) is 0.132. The van der Waals surface area contributed by atoms with Crippen molar-refractivity contribution in [3.8, 4) is 28.8 Å². The Hall–Kier alpha value is -3.75. The number of carbonyl (C=O) groups is 1.